The summed E-state index contributed by atoms with van der Waals surface area (Å²) in [6.07, 6.45) is -2.69. The van der Waals surface area contributed by atoms with Crippen LogP contribution in [-0.4, -0.2) is 41.2 Å². The molecule has 0 aliphatic carbocycles. The molecule has 1 aliphatic heterocycles. The van der Waals surface area contributed by atoms with Gasteiger partial charge in [0.25, 0.3) is 6.43 Å². The molecule has 7 heteroatoms. The quantitative estimate of drug-likeness (QED) is 0.465. The SMILES string of the molecule is CC(C)=C[C@]1(C)OC(C)(C)O[C@@H]1[C@](O)(COS)C(F)F. The van der Waals surface area contributed by atoms with Crippen molar-refractivity contribution >= 4 is 12.9 Å². The zero-order chi connectivity index (χ0) is 15.8. The lowest BCUT2D eigenvalue weighted by Gasteiger charge is -2.37. The number of hydrogen-bond donors (Lipinski definition) is 2. The third kappa shape index (κ3) is 3.51. The van der Waals surface area contributed by atoms with E-state index in [1.165, 1.54) is 0 Å². The molecule has 4 nitrogen and oxygen atoms in total. The first kappa shape index (κ1) is 17.8. The van der Waals surface area contributed by atoms with Gasteiger partial charge in [-0.3, -0.25) is 0 Å². The topological polar surface area (TPSA) is 47.9 Å². The van der Waals surface area contributed by atoms with Gasteiger partial charge in [0.1, 0.15) is 11.7 Å². The van der Waals surface area contributed by atoms with Crippen molar-refractivity contribution in [1.29, 1.82) is 0 Å². The molecule has 0 unspecified atom stereocenters. The third-order valence-corrected chi connectivity index (χ3v) is 3.22. The monoisotopic (exact) mass is 312 g/mol. The maximum absolute atomic E-state index is 13.3. The van der Waals surface area contributed by atoms with Crippen LogP contribution in [0.4, 0.5) is 8.78 Å². The number of aliphatic hydroxyl groups is 1. The Labute approximate surface area is 123 Å². The van der Waals surface area contributed by atoms with Gasteiger partial charge in [0.15, 0.2) is 11.4 Å². The Hall–Kier alpha value is -0.210. The van der Waals surface area contributed by atoms with E-state index in [4.69, 9.17) is 9.47 Å². The summed E-state index contributed by atoms with van der Waals surface area (Å²) in [5, 5.41) is 10.3. The number of allylic oxidation sites excluding steroid dienone is 1. The highest BCUT2D eigenvalue weighted by Gasteiger charge is 2.61. The number of alkyl halides is 2. The molecule has 1 aliphatic rings. The molecule has 0 aromatic heterocycles. The Bertz CT molecular complexity index is 385. The van der Waals surface area contributed by atoms with E-state index in [1.54, 1.807) is 26.8 Å². The third-order valence-electron chi connectivity index (χ3n) is 3.09. The fraction of sp³-hybridized carbons (Fsp3) is 0.846. The van der Waals surface area contributed by atoms with Crippen molar-refractivity contribution in [2.75, 3.05) is 6.61 Å². The molecule has 0 radical (unpaired) electrons. The highest BCUT2D eigenvalue weighted by atomic mass is 32.1. The second-order valence-corrected chi connectivity index (χ2v) is 6.23. The lowest BCUT2D eigenvalue weighted by Crippen LogP contribution is -2.59. The van der Waals surface area contributed by atoms with E-state index in [9.17, 15) is 13.9 Å². The van der Waals surface area contributed by atoms with E-state index in [-0.39, 0.29) is 0 Å². The van der Waals surface area contributed by atoms with Gasteiger partial charge in [-0.2, -0.15) is 0 Å². The average Bonchev–Trinajstić information content (AvgIpc) is 2.47. The fourth-order valence-electron chi connectivity index (χ4n) is 2.64. The fourth-order valence-corrected chi connectivity index (χ4v) is 2.85. The normalized spacial score (nSPS) is 32.2. The first-order chi connectivity index (χ1) is 8.97. The van der Waals surface area contributed by atoms with Gasteiger partial charge >= 0.3 is 0 Å². The highest BCUT2D eigenvalue weighted by molar-refractivity contribution is 7.75. The van der Waals surface area contributed by atoms with Crippen LogP contribution < -0.4 is 0 Å². The molecule has 1 fully saturated rings. The molecular weight excluding hydrogens is 290 g/mol. The summed E-state index contributed by atoms with van der Waals surface area (Å²) in [5.41, 5.74) is -2.85. The number of halogens is 2. The summed E-state index contributed by atoms with van der Waals surface area (Å²) in [6.45, 7) is 7.77. The number of ether oxygens (including phenoxy) is 2. The van der Waals surface area contributed by atoms with Crippen molar-refractivity contribution in [3.05, 3.63) is 11.6 Å². The highest BCUT2D eigenvalue weighted by Crippen LogP contribution is 2.44. The lowest BCUT2D eigenvalue weighted by atomic mass is 9.84. The summed E-state index contributed by atoms with van der Waals surface area (Å²) < 4.78 is 42.4. The molecule has 1 N–H and O–H groups in total. The van der Waals surface area contributed by atoms with Crippen LogP contribution in [0.2, 0.25) is 0 Å². The van der Waals surface area contributed by atoms with Crippen molar-refractivity contribution in [3.63, 3.8) is 0 Å². The van der Waals surface area contributed by atoms with Crippen LogP contribution in [0.1, 0.15) is 34.6 Å². The van der Waals surface area contributed by atoms with E-state index in [1.807, 2.05) is 13.8 Å². The maximum Gasteiger partial charge on any atom is 0.271 e. The van der Waals surface area contributed by atoms with Crippen LogP contribution in [0.5, 0.6) is 0 Å². The Balaban J connectivity index is 3.26. The molecule has 118 valence electrons. The molecule has 20 heavy (non-hydrogen) atoms. The predicted molar refractivity (Wildman–Crippen MR) is 73.8 cm³/mol. The van der Waals surface area contributed by atoms with Crippen LogP contribution >= 0.6 is 12.9 Å². The van der Waals surface area contributed by atoms with Gasteiger partial charge in [0, 0.05) is 0 Å². The van der Waals surface area contributed by atoms with E-state index in [2.05, 4.69) is 17.1 Å². The van der Waals surface area contributed by atoms with Crippen molar-refractivity contribution in [2.24, 2.45) is 0 Å². The minimum Gasteiger partial charge on any atom is -0.379 e. The van der Waals surface area contributed by atoms with Gasteiger partial charge in [-0.15, -0.1) is 0 Å². The first-order valence-electron chi connectivity index (χ1n) is 6.28. The van der Waals surface area contributed by atoms with E-state index >= 15 is 0 Å². The Kier molecular flexibility index (Phi) is 5.25. The van der Waals surface area contributed by atoms with Crippen molar-refractivity contribution < 1.29 is 27.5 Å². The second-order valence-electron chi connectivity index (χ2n) is 5.97. The largest absolute Gasteiger partial charge is 0.379 e. The Morgan fingerprint density at radius 2 is 2.00 bits per heavy atom. The molecule has 0 amide bonds. The van der Waals surface area contributed by atoms with Gasteiger partial charge < -0.3 is 18.8 Å². The summed E-state index contributed by atoms with van der Waals surface area (Å²) in [4.78, 5) is 0. The first-order valence-corrected chi connectivity index (χ1v) is 6.64. The van der Waals surface area contributed by atoms with Crippen LogP contribution in [0, 0.1) is 0 Å². The summed E-state index contributed by atoms with van der Waals surface area (Å²) in [7, 11) is 0. The van der Waals surface area contributed by atoms with E-state index in [0.29, 0.717) is 0 Å². The number of thiol groups is 1. The van der Waals surface area contributed by atoms with Crippen LogP contribution in [-0.2, 0) is 13.7 Å². The molecule has 0 aromatic carbocycles. The number of rotatable bonds is 5. The lowest BCUT2D eigenvalue weighted by molar-refractivity contribution is -0.209. The zero-order valence-electron chi connectivity index (χ0n) is 12.3. The molecule has 1 saturated heterocycles. The Morgan fingerprint density at radius 1 is 1.45 bits per heavy atom. The molecule has 0 spiro atoms. The van der Waals surface area contributed by atoms with Gasteiger partial charge in [0.05, 0.1) is 6.61 Å². The minimum absolute atomic E-state index is 0.677. The minimum atomic E-state index is -3.07. The molecule has 0 saturated carbocycles. The maximum atomic E-state index is 13.3. The average molecular weight is 312 g/mol. The summed E-state index contributed by atoms with van der Waals surface area (Å²) in [5.74, 6) is -1.09. The van der Waals surface area contributed by atoms with Crippen LogP contribution in [0.3, 0.4) is 0 Å². The van der Waals surface area contributed by atoms with E-state index in [0.717, 1.165) is 5.57 Å². The van der Waals surface area contributed by atoms with Gasteiger partial charge in [0.2, 0.25) is 0 Å². The molecule has 3 atom stereocenters. The number of hydrogen-bond acceptors (Lipinski definition) is 5. The zero-order valence-corrected chi connectivity index (χ0v) is 13.2. The second kappa shape index (κ2) is 5.88. The molecule has 0 aromatic rings. The molecular formula is C13H22F2O4S. The van der Waals surface area contributed by atoms with Crippen LogP contribution in [0.25, 0.3) is 0 Å². The smallest absolute Gasteiger partial charge is 0.271 e. The molecule has 0 bridgehead atoms. The van der Waals surface area contributed by atoms with Crippen molar-refractivity contribution in [3.8, 4) is 0 Å². The van der Waals surface area contributed by atoms with Crippen molar-refractivity contribution in [2.45, 2.75) is 64.1 Å². The summed E-state index contributed by atoms with van der Waals surface area (Å²) in [6, 6.07) is 0. The van der Waals surface area contributed by atoms with Gasteiger partial charge in [-0.25, -0.2) is 8.78 Å². The molecule has 1 rings (SSSR count). The van der Waals surface area contributed by atoms with Crippen LogP contribution in [0.15, 0.2) is 11.6 Å². The van der Waals surface area contributed by atoms with E-state index < -0.39 is 36.1 Å². The van der Waals surface area contributed by atoms with Gasteiger partial charge in [-0.05, 0) is 47.5 Å². The Morgan fingerprint density at radius 3 is 2.40 bits per heavy atom. The van der Waals surface area contributed by atoms with Crippen molar-refractivity contribution in [1.82, 2.24) is 0 Å². The van der Waals surface area contributed by atoms with Gasteiger partial charge in [-0.1, -0.05) is 11.6 Å². The predicted octanol–water partition coefficient (Wildman–Crippen LogP) is 2.72. The standard InChI is InChI=1S/C13H22F2O4S/c1-8(2)6-12(5)9(18-11(3,4)19-12)13(16,7-17-20)10(14)15/h6,9-10,16,20H,7H2,1-5H3/t9-,12-,13+/m0/s1. The summed E-state index contributed by atoms with van der Waals surface area (Å²) >= 11 is 3.47. The molecule has 1 heterocycles.